The molecule has 1 saturated heterocycles. The van der Waals surface area contributed by atoms with Gasteiger partial charge in [0, 0.05) is 31.2 Å². The molecule has 1 aromatic rings. The first-order valence-corrected chi connectivity index (χ1v) is 7.44. The highest BCUT2D eigenvalue weighted by Gasteiger charge is 2.26. The minimum Gasteiger partial charge on any atom is -0.334 e. The number of amides is 1. The van der Waals surface area contributed by atoms with Crippen LogP contribution in [0.4, 0.5) is 0 Å². The van der Waals surface area contributed by atoms with Crippen molar-refractivity contribution in [3.63, 3.8) is 0 Å². The maximum Gasteiger partial charge on any atom is 0.254 e. The molecule has 0 aromatic heterocycles. The molecule has 2 rings (SSSR count). The first kappa shape index (κ1) is 15.0. The number of carbonyl (C=O) groups excluding carboxylic acids is 1. The second-order valence-corrected chi connectivity index (χ2v) is 5.58. The van der Waals surface area contributed by atoms with Crippen LogP contribution < -0.4 is 5.73 Å². The monoisotopic (exact) mass is 275 g/mol. The van der Waals surface area contributed by atoms with Crippen LogP contribution in [0.25, 0.3) is 0 Å². The SMILES string of the molecule is CCC1CN(C)CCCN1C(=O)c1cccc(CN)c1. The van der Waals surface area contributed by atoms with Crippen molar-refractivity contribution in [3.05, 3.63) is 35.4 Å². The first-order chi connectivity index (χ1) is 9.65. The van der Waals surface area contributed by atoms with E-state index >= 15 is 0 Å². The highest BCUT2D eigenvalue weighted by Crippen LogP contribution is 2.16. The summed E-state index contributed by atoms with van der Waals surface area (Å²) in [6.07, 6.45) is 2.03. The number of hydrogen-bond acceptors (Lipinski definition) is 3. The zero-order chi connectivity index (χ0) is 14.5. The molecular weight excluding hydrogens is 250 g/mol. The van der Waals surface area contributed by atoms with Crippen LogP contribution in [0.1, 0.15) is 35.7 Å². The Morgan fingerprint density at radius 1 is 1.40 bits per heavy atom. The lowest BCUT2D eigenvalue weighted by molar-refractivity contribution is 0.0675. The van der Waals surface area contributed by atoms with Gasteiger partial charge in [0.2, 0.25) is 0 Å². The molecule has 1 heterocycles. The summed E-state index contributed by atoms with van der Waals surface area (Å²) in [4.78, 5) is 17.1. The van der Waals surface area contributed by atoms with Crippen molar-refractivity contribution in [1.29, 1.82) is 0 Å². The third-order valence-corrected chi connectivity index (χ3v) is 4.04. The molecule has 0 saturated carbocycles. The second kappa shape index (κ2) is 6.86. The van der Waals surface area contributed by atoms with Crippen molar-refractivity contribution < 1.29 is 4.79 Å². The molecule has 1 aromatic carbocycles. The van der Waals surface area contributed by atoms with E-state index in [0.717, 1.165) is 43.6 Å². The van der Waals surface area contributed by atoms with Crippen LogP contribution in [-0.4, -0.2) is 48.4 Å². The van der Waals surface area contributed by atoms with E-state index in [1.54, 1.807) is 0 Å². The minimum atomic E-state index is 0.141. The van der Waals surface area contributed by atoms with Gasteiger partial charge in [0.1, 0.15) is 0 Å². The van der Waals surface area contributed by atoms with Gasteiger partial charge in [-0.1, -0.05) is 19.1 Å². The van der Waals surface area contributed by atoms with Gasteiger partial charge < -0.3 is 15.5 Å². The van der Waals surface area contributed by atoms with E-state index in [1.165, 1.54) is 0 Å². The standard InChI is InChI=1S/C16H25N3O/c1-3-15-12-18(2)8-5-9-19(15)16(20)14-7-4-6-13(10-14)11-17/h4,6-7,10,15H,3,5,8-9,11-12,17H2,1-2H3. The zero-order valence-corrected chi connectivity index (χ0v) is 12.5. The summed E-state index contributed by atoms with van der Waals surface area (Å²) in [5.41, 5.74) is 7.43. The van der Waals surface area contributed by atoms with Crippen LogP contribution in [-0.2, 0) is 6.54 Å². The van der Waals surface area contributed by atoms with Crippen molar-refractivity contribution in [3.8, 4) is 0 Å². The molecule has 1 aliphatic heterocycles. The Bertz CT molecular complexity index is 461. The normalized spacial score (nSPS) is 20.8. The number of carbonyl (C=O) groups is 1. The lowest BCUT2D eigenvalue weighted by Crippen LogP contribution is -2.43. The fourth-order valence-corrected chi connectivity index (χ4v) is 2.86. The summed E-state index contributed by atoms with van der Waals surface area (Å²) in [6.45, 7) is 5.48. The molecule has 110 valence electrons. The third-order valence-electron chi connectivity index (χ3n) is 4.04. The van der Waals surface area contributed by atoms with Gasteiger partial charge in [-0.15, -0.1) is 0 Å². The van der Waals surface area contributed by atoms with Gasteiger partial charge in [-0.05, 0) is 44.1 Å². The molecule has 0 aliphatic carbocycles. The Hall–Kier alpha value is -1.39. The van der Waals surface area contributed by atoms with Gasteiger partial charge in [-0.2, -0.15) is 0 Å². The molecule has 1 amide bonds. The van der Waals surface area contributed by atoms with Gasteiger partial charge in [0.15, 0.2) is 0 Å². The topological polar surface area (TPSA) is 49.6 Å². The van der Waals surface area contributed by atoms with E-state index in [4.69, 9.17) is 5.73 Å². The molecule has 1 fully saturated rings. The lowest BCUT2D eigenvalue weighted by atomic mass is 10.1. The van der Waals surface area contributed by atoms with Crippen molar-refractivity contribution in [2.75, 3.05) is 26.7 Å². The summed E-state index contributed by atoms with van der Waals surface area (Å²) in [5.74, 6) is 0.141. The molecule has 0 radical (unpaired) electrons. The van der Waals surface area contributed by atoms with Gasteiger partial charge in [-0.3, -0.25) is 4.79 Å². The largest absolute Gasteiger partial charge is 0.334 e. The summed E-state index contributed by atoms with van der Waals surface area (Å²) in [7, 11) is 2.13. The van der Waals surface area contributed by atoms with Crippen molar-refractivity contribution >= 4 is 5.91 Å². The van der Waals surface area contributed by atoms with Gasteiger partial charge >= 0.3 is 0 Å². The van der Waals surface area contributed by atoms with Crippen LogP contribution in [0, 0.1) is 0 Å². The molecule has 2 N–H and O–H groups in total. The number of benzene rings is 1. The molecule has 4 nitrogen and oxygen atoms in total. The zero-order valence-electron chi connectivity index (χ0n) is 12.5. The predicted molar refractivity (Wildman–Crippen MR) is 81.6 cm³/mol. The molecule has 20 heavy (non-hydrogen) atoms. The fourth-order valence-electron chi connectivity index (χ4n) is 2.86. The predicted octanol–water partition coefficient (Wildman–Crippen LogP) is 1.70. The Balaban J connectivity index is 2.20. The van der Waals surface area contributed by atoms with E-state index in [9.17, 15) is 4.79 Å². The Morgan fingerprint density at radius 2 is 2.20 bits per heavy atom. The van der Waals surface area contributed by atoms with Gasteiger partial charge in [0.05, 0.1) is 0 Å². The van der Waals surface area contributed by atoms with Crippen molar-refractivity contribution in [2.45, 2.75) is 32.4 Å². The van der Waals surface area contributed by atoms with Crippen LogP contribution in [0.5, 0.6) is 0 Å². The van der Waals surface area contributed by atoms with Crippen LogP contribution in [0.3, 0.4) is 0 Å². The van der Waals surface area contributed by atoms with E-state index < -0.39 is 0 Å². The first-order valence-electron chi connectivity index (χ1n) is 7.44. The number of nitrogens with two attached hydrogens (primary N) is 1. The Morgan fingerprint density at radius 3 is 2.90 bits per heavy atom. The average Bonchev–Trinajstić information content (AvgIpc) is 2.67. The van der Waals surface area contributed by atoms with E-state index in [-0.39, 0.29) is 5.91 Å². The second-order valence-electron chi connectivity index (χ2n) is 5.58. The molecule has 1 aliphatic rings. The number of likely N-dealkylation sites (N-methyl/N-ethyl adjacent to an activating group) is 1. The minimum absolute atomic E-state index is 0.141. The number of nitrogens with zero attached hydrogens (tertiary/aromatic N) is 2. The maximum absolute atomic E-state index is 12.8. The third kappa shape index (κ3) is 3.38. The van der Waals surface area contributed by atoms with E-state index in [2.05, 4.69) is 18.9 Å². The van der Waals surface area contributed by atoms with Crippen molar-refractivity contribution in [1.82, 2.24) is 9.80 Å². The Labute approximate surface area is 121 Å². The highest BCUT2D eigenvalue weighted by atomic mass is 16.2. The van der Waals surface area contributed by atoms with Crippen molar-refractivity contribution in [2.24, 2.45) is 5.73 Å². The van der Waals surface area contributed by atoms with Crippen LogP contribution >= 0.6 is 0 Å². The van der Waals surface area contributed by atoms with Crippen LogP contribution in [0.2, 0.25) is 0 Å². The number of rotatable bonds is 3. The van der Waals surface area contributed by atoms with Crippen LogP contribution in [0.15, 0.2) is 24.3 Å². The molecule has 4 heteroatoms. The smallest absolute Gasteiger partial charge is 0.254 e. The van der Waals surface area contributed by atoms with Gasteiger partial charge in [0.25, 0.3) is 5.91 Å². The average molecular weight is 275 g/mol. The molecule has 1 atom stereocenters. The van der Waals surface area contributed by atoms with E-state index in [0.29, 0.717) is 12.6 Å². The summed E-state index contributed by atoms with van der Waals surface area (Å²) >= 11 is 0. The summed E-state index contributed by atoms with van der Waals surface area (Å²) < 4.78 is 0. The molecule has 1 unspecified atom stereocenters. The lowest BCUT2D eigenvalue weighted by Gasteiger charge is -2.30. The molecule has 0 bridgehead atoms. The molecular formula is C16H25N3O. The quantitative estimate of drug-likeness (QED) is 0.913. The summed E-state index contributed by atoms with van der Waals surface area (Å²) in [6, 6.07) is 7.99. The van der Waals surface area contributed by atoms with E-state index in [1.807, 2.05) is 29.2 Å². The Kier molecular flexibility index (Phi) is 5.15. The van der Waals surface area contributed by atoms with Gasteiger partial charge in [-0.25, -0.2) is 0 Å². The molecule has 0 spiro atoms. The fraction of sp³-hybridized carbons (Fsp3) is 0.562. The number of hydrogen-bond donors (Lipinski definition) is 1. The summed E-state index contributed by atoms with van der Waals surface area (Å²) in [5, 5.41) is 0. The highest BCUT2D eigenvalue weighted by molar-refractivity contribution is 5.94. The maximum atomic E-state index is 12.8.